The van der Waals surface area contributed by atoms with Crippen LogP contribution in [0.2, 0.25) is 0 Å². The maximum absolute atomic E-state index is 14.0. The molecule has 1 atom stereocenters. The Hall–Kier alpha value is -5.98. The van der Waals surface area contributed by atoms with Crippen molar-refractivity contribution in [3.05, 3.63) is 135 Å². The van der Waals surface area contributed by atoms with Crippen molar-refractivity contribution < 1.29 is 32.7 Å². The van der Waals surface area contributed by atoms with Gasteiger partial charge in [0.1, 0.15) is 22.6 Å². The molecule has 6 rings (SSSR count). The second-order valence-corrected chi connectivity index (χ2v) is 13.3. The monoisotopic (exact) mass is 694 g/mol. The first-order chi connectivity index (χ1) is 24.3. The molecule has 3 N–H and O–H groups in total. The molecular formula is C38H36F2N6O5. The molecule has 0 saturated heterocycles. The maximum Gasteiger partial charge on any atom is 0.338 e. The first kappa shape index (κ1) is 34.9. The van der Waals surface area contributed by atoms with Gasteiger partial charge in [-0.3, -0.25) is 14.4 Å². The number of hydrogen-bond acceptors (Lipinski definition) is 7. The molecule has 0 bridgehead atoms. The predicted molar refractivity (Wildman–Crippen MR) is 183 cm³/mol. The van der Waals surface area contributed by atoms with Gasteiger partial charge < -0.3 is 20.7 Å². The van der Waals surface area contributed by atoms with E-state index in [-0.39, 0.29) is 35.7 Å². The highest BCUT2D eigenvalue weighted by Gasteiger charge is 2.30. The summed E-state index contributed by atoms with van der Waals surface area (Å²) in [5, 5.41) is 12.7. The number of nitrogens with zero attached hydrogens (tertiary/aromatic N) is 3. The molecule has 262 valence electrons. The Morgan fingerprint density at radius 3 is 2.31 bits per heavy atom. The number of nitrogens with one attached hydrogen (secondary N) is 3. The minimum absolute atomic E-state index is 0.0316. The number of ether oxygens (including phenoxy) is 1. The van der Waals surface area contributed by atoms with Crippen molar-refractivity contribution >= 4 is 29.3 Å². The number of benzene rings is 3. The SMILES string of the molecule is Cc1c(C(=O)OC(C)(C)C)ccc2c1CC[C@@H]2NC(=O)c1cc(C(=O)NCc2ccc(F)c(F)c2)nc2c(C(=O)NCc3ccccc3)cnn12. The van der Waals surface area contributed by atoms with Crippen LogP contribution in [0.1, 0.15) is 103 Å². The number of carbonyl (C=O) groups is 4. The quantitative estimate of drug-likeness (QED) is 0.172. The van der Waals surface area contributed by atoms with Crippen molar-refractivity contribution in [1.82, 2.24) is 30.5 Å². The standard InChI is InChI=1S/C38H36F2N6O5/c1-21-24-13-15-30(26(24)12-11-25(21)37(50)51-38(2,3)4)45-36(49)32-17-31(35(48)42-19-23-10-14-28(39)29(40)16-23)44-33-27(20-43-46(32)33)34(47)41-18-22-8-6-5-7-9-22/h5-12,14,16-17,20,30H,13,15,18-19H2,1-4H3,(H,41,47)(H,42,48)(H,45,49)/t30-/m0/s1. The van der Waals surface area contributed by atoms with Crippen LogP contribution in [0, 0.1) is 18.6 Å². The molecule has 13 heteroatoms. The van der Waals surface area contributed by atoms with E-state index in [1.165, 1.54) is 22.8 Å². The van der Waals surface area contributed by atoms with Crippen LogP contribution in [-0.4, -0.2) is 43.9 Å². The molecule has 3 amide bonds. The summed E-state index contributed by atoms with van der Waals surface area (Å²) in [4.78, 5) is 57.9. The fourth-order valence-corrected chi connectivity index (χ4v) is 6.01. The largest absolute Gasteiger partial charge is 0.456 e. The van der Waals surface area contributed by atoms with E-state index in [9.17, 15) is 28.0 Å². The molecule has 0 saturated carbocycles. The number of amides is 3. The number of aromatic nitrogens is 3. The zero-order valence-corrected chi connectivity index (χ0v) is 28.5. The number of esters is 1. The fourth-order valence-electron chi connectivity index (χ4n) is 6.01. The molecule has 11 nitrogen and oxygen atoms in total. The van der Waals surface area contributed by atoms with Crippen molar-refractivity contribution in [3.63, 3.8) is 0 Å². The van der Waals surface area contributed by atoms with Gasteiger partial charge in [-0.25, -0.2) is 23.1 Å². The van der Waals surface area contributed by atoms with Crippen molar-refractivity contribution in [2.45, 2.75) is 65.3 Å². The third-order valence-electron chi connectivity index (χ3n) is 8.53. The van der Waals surface area contributed by atoms with Crippen LogP contribution in [0.5, 0.6) is 0 Å². The molecule has 51 heavy (non-hydrogen) atoms. The molecule has 2 heterocycles. The van der Waals surface area contributed by atoms with Gasteiger partial charge in [0.2, 0.25) is 0 Å². The number of carbonyl (C=O) groups excluding carboxylic acids is 4. The summed E-state index contributed by atoms with van der Waals surface area (Å²) in [5.41, 5.74) is 3.29. The lowest BCUT2D eigenvalue weighted by Crippen LogP contribution is -2.31. The van der Waals surface area contributed by atoms with E-state index in [0.29, 0.717) is 24.0 Å². The minimum Gasteiger partial charge on any atom is -0.456 e. The smallest absolute Gasteiger partial charge is 0.338 e. The third kappa shape index (κ3) is 7.62. The predicted octanol–water partition coefficient (Wildman–Crippen LogP) is 5.55. The summed E-state index contributed by atoms with van der Waals surface area (Å²) in [6, 6.07) is 16.9. The van der Waals surface area contributed by atoms with E-state index in [2.05, 4.69) is 26.0 Å². The van der Waals surface area contributed by atoms with E-state index in [1.807, 2.05) is 43.3 Å². The summed E-state index contributed by atoms with van der Waals surface area (Å²) in [6.45, 7) is 7.32. The van der Waals surface area contributed by atoms with Gasteiger partial charge in [0.25, 0.3) is 17.7 Å². The Morgan fingerprint density at radius 2 is 1.59 bits per heavy atom. The van der Waals surface area contributed by atoms with Gasteiger partial charge in [0.05, 0.1) is 17.8 Å². The van der Waals surface area contributed by atoms with Crippen molar-refractivity contribution in [2.75, 3.05) is 0 Å². The van der Waals surface area contributed by atoms with Crippen LogP contribution in [-0.2, 0) is 24.2 Å². The summed E-state index contributed by atoms with van der Waals surface area (Å²) < 4.78 is 34.0. The Bertz CT molecular complexity index is 2180. The van der Waals surface area contributed by atoms with E-state index in [1.54, 1.807) is 26.8 Å². The normalized spacial score (nSPS) is 13.8. The maximum atomic E-state index is 14.0. The lowest BCUT2D eigenvalue weighted by Gasteiger charge is -2.21. The zero-order chi connectivity index (χ0) is 36.4. The molecular weight excluding hydrogens is 658 g/mol. The highest BCUT2D eigenvalue weighted by Crippen LogP contribution is 2.35. The van der Waals surface area contributed by atoms with E-state index >= 15 is 0 Å². The average Bonchev–Trinajstić information content (AvgIpc) is 3.71. The van der Waals surface area contributed by atoms with Crippen LogP contribution < -0.4 is 16.0 Å². The second kappa shape index (κ2) is 14.1. The molecule has 2 aromatic heterocycles. The van der Waals surface area contributed by atoms with Gasteiger partial charge in [-0.15, -0.1) is 0 Å². The topological polar surface area (TPSA) is 144 Å². The molecule has 1 aliphatic carbocycles. The summed E-state index contributed by atoms with van der Waals surface area (Å²) in [5.74, 6) is -4.32. The molecule has 0 unspecified atom stereocenters. The second-order valence-electron chi connectivity index (χ2n) is 13.3. The van der Waals surface area contributed by atoms with Crippen LogP contribution >= 0.6 is 0 Å². The first-order valence-electron chi connectivity index (χ1n) is 16.4. The number of halogens is 2. The van der Waals surface area contributed by atoms with E-state index in [0.717, 1.165) is 34.4 Å². The van der Waals surface area contributed by atoms with Crippen LogP contribution in [0.3, 0.4) is 0 Å². The zero-order valence-electron chi connectivity index (χ0n) is 28.5. The Labute approximate surface area is 292 Å². The van der Waals surface area contributed by atoms with Gasteiger partial charge >= 0.3 is 5.97 Å². The van der Waals surface area contributed by atoms with Gasteiger partial charge in [-0.2, -0.15) is 5.10 Å². The Morgan fingerprint density at radius 1 is 0.863 bits per heavy atom. The number of fused-ring (bicyclic) bond motifs is 2. The molecule has 1 aliphatic rings. The highest BCUT2D eigenvalue weighted by molar-refractivity contribution is 6.03. The Kier molecular flexibility index (Phi) is 9.64. The summed E-state index contributed by atoms with van der Waals surface area (Å²) in [7, 11) is 0. The van der Waals surface area contributed by atoms with Crippen molar-refractivity contribution in [3.8, 4) is 0 Å². The first-order valence-corrected chi connectivity index (χ1v) is 16.4. The molecule has 0 fully saturated rings. The fraction of sp³-hybridized carbons (Fsp3) is 0.263. The van der Waals surface area contributed by atoms with Gasteiger partial charge in [0.15, 0.2) is 17.3 Å². The molecule has 0 radical (unpaired) electrons. The lowest BCUT2D eigenvalue weighted by atomic mass is 9.97. The van der Waals surface area contributed by atoms with Crippen LogP contribution in [0.4, 0.5) is 8.78 Å². The molecule has 0 aliphatic heterocycles. The molecule has 5 aromatic rings. The number of rotatable bonds is 9. The van der Waals surface area contributed by atoms with Crippen molar-refractivity contribution in [2.24, 2.45) is 0 Å². The lowest BCUT2D eigenvalue weighted by molar-refractivity contribution is 0.00682. The highest BCUT2D eigenvalue weighted by atomic mass is 19.2. The van der Waals surface area contributed by atoms with Gasteiger partial charge in [0, 0.05) is 19.2 Å². The van der Waals surface area contributed by atoms with Gasteiger partial charge in [-0.05, 0) is 86.6 Å². The summed E-state index contributed by atoms with van der Waals surface area (Å²) >= 11 is 0. The van der Waals surface area contributed by atoms with E-state index in [4.69, 9.17) is 4.74 Å². The average molecular weight is 695 g/mol. The Balaban J connectivity index is 1.29. The van der Waals surface area contributed by atoms with Crippen LogP contribution in [0.25, 0.3) is 5.65 Å². The summed E-state index contributed by atoms with van der Waals surface area (Å²) in [6.07, 6.45) is 2.44. The third-order valence-corrected chi connectivity index (χ3v) is 8.53. The van der Waals surface area contributed by atoms with Crippen LogP contribution in [0.15, 0.2) is 72.9 Å². The number of hydrogen-bond donors (Lipinski definition) is 3. The van der Waals surface area contributed by atoms with Crippen molar-refractivity contribution in [1.29, 1.82) is 0 Å². The van der Waals surface area contributed by atoms with E-state index < -0.39 is 47.0 Å². The molecule has 3 aromatic carbocycles. The van der Waals surface area contributed by atoms with Gasteiger partial charge in [-0.1, -0.05) is 42.5 Å². The minimum atomic E-state index is -1.06. The molecule has 0 spiro atoms.